The first-order chi connectivity index (χ1) is 8.56. The first-order valence-electron chi connectivity index (χ1n) is 6.42. The Labute approximate surface area is 113 Å². The molecule has 0 radical (unpaired) electrons. The fraction of sp³-hybridized carbons (Fsp3) is 0.571. The molecule has 2 atom stereocenters. The Hall–Kier alpha value is -1.09. The molecule has 0 bridgehead atoms. The smallest absolute Gasteiger partial charge is 0.258 e. The minimum Gasteiger partial charge on any atom is -0.258 e. The normalized spacial score (nSPS) is 14.2. The fourth-order valence-electron chi connectivity index (χ4n) is 1.98. The predicted molar refractivity (Wildman–Crippen MR) is 75.1 cm³/mol. The molecule has 0 fully saturated rings. The molecular formula is C14H20ClNO2. The highest BCUT2D eigenvalue weighted by Crippen LogP contribution is 2.25. The summed E-state index contributed by atoms with van der Waals surface area (Å²) in [5, 5.41) is 10.9. The third-order valence-corrected chi connectivity index (χ3v) is 3.82. The van der Waals surface area contributed by atoms with Gasteiger partial charge in [-0.25, -0.2) is 0 Å². The van der Waals surface area contributed by atoms with E-state index in [2.05, 4.69) is 13.8 Å². The van der Waals surface area contributed by atoms with Crippen LogP contribution in [0.1, 0.15) is 38.7 Å². The van der Waals surface area contributed by atoms with Crippen molar-refractivity contribution in [3.63, 3.8) is 0 Å². The number of halogens is 1. The molecule has 0 aliphatic rings. The zero-order valence-electron chi connectivity index (χ0n) is 10.9. The number of para-hydroxylation sites is 1. The molecule has 100 valence electrons. The van der Waals surface area contributed by atoms with Gasteiger partial charge in [-0.15, -0.1) is 11.6 Å². The lowest BCUT2D eigenvalue weighted by Gasteiger charge is -2.17. The molecule has 0 saturated heterocycles. The Kier molecular flexibility index (Phi) is 6.13. The molecule has 0 spiro atoms. The molecule has 0 aliphatic carbocycles. The minimum absolute atomic E-state index is 0.0438. The molecular weight excluding hydrogens is 250 g/mol. The summed E-state index contributed by atoms with van der Waals surface area (Å²) < 4.78 is 0. The largest absolute Gasteiger partial charge is 0.272 e. The minimum atomic E-state index is -0.338. The van der Waals surface area contributed by atoms with E-state index in [1.54, 1.807) is 12.1 Å². The number of hydrogen-bond donors (Lipinski definition) is 0. The monoisotopic (exact) mass is 269 g/mol. The van der Waals surface area contributed by atoms with Gasteiger partial charge in [0.25, 0.3) is 5.69 Å². The lowest BCUT2D eigenvalue weighted by Crippen LogP contribution is -2.15. The first kappa shape index (κ1) is 15.0. The number of rotatable bonds is 7. The molecule has 0 N–H and O–H groups in total. The van der Waals surface area contributed by atoms with Gasteiger partial charge < -0.3 is 0 Å². The maximum atomic E-state index is 10.9. The van der Waals surface area contributed by atoms with Crippen LogP contribution in [0.4, 0.5) is 5.69 Å². The molecule has 3 nitrogen and oxygen atoms in total. The van der Waals surface area contributed by atoms with E-state index >= 15 is 0 Å². The Morgan fingerprint density at radius 2 is 2.06 bits per heavy atom. The highest BCUT2D eigenvalue weighted by molar-refractivity contribution is 6.20. The van der Waals surface area contributed by atoms with Gasteiger partial charge in [0.05, 0.1) is 4.92 Å². The van der Waals surface area contributed by atoms with Crippen LogP contribution < -0.4 is 0 Å². The van der Waals surface area contributed by atoms with E-state index in [4.69, 9.17) is 11.6 Å². The second kappa shape index (κ2) is 7.37. The second-order valence-electron chi connectivity index (χ2n) is 4.73. The van der Waals surface area contributed by atoms with Gasteiger partial charge >= 0.3 is 0 Å². The zero-order chi connectivity index (χ0) is 13.5. The maximum Gasteiger partial charge on any atom is 0.272 e. The number of benzene rings is 1. The van der Waals surface area contributed by atoms with Crippen LogP contribution in [0.15, 0.2) is 24.3 Å². The number of hydrogen-bond acceptors (Lipinski definition) is 2. The molecule has 0 aromatic heterocycles. The van der Waals surface area contributed by atoms with Crippen LogP contribution in [0.2, 0.25) is 0 Å². The first-order valence-corrected chi connectivity index (χ1v) is 6.86. The van der Waals surface area contributed by atoms with E-state index < -0.39 is 0 Å². The van der Waals surface area contributed by atoms with E-state index in [9.17, 15) is 10.1 Å². The van der Waals surface area contributed by atoms with E-state index in [1.165, 1.54) is 6.07 Å². The number of unbranched alkanes of at least 4 members (excludes halogenated alkanes) is 1. The third kappa shape index (κ3) is 4.30. The van der Waals surface area contributed by atoms with Crippen molar-refractivity contribution in [3.8, 4) is 0 Å². The summed E-state index contributed by atoms with van der Waals surface area (Å²) in [4.78, 5) is 10.6. The predicted octanol–water partition coefficient (Wildman–Crippen LogP) is 4.57. The second-order valence-corrected chi connectivity index (χ2v) is 5.29. The van der Waals surface area contributed by atoms with Gasteiger partial charge in [0.15, 0.2) is 0 Å². The van der Waals surface area contributed by atoms with Crippen LogP contribution in [0.5, 0.6) is 0 Å². The van der Waals surface area contributed by atoms with Crippen molar-refractivity contribution in [3.05, 3.63) is 39.9 Å². The number of nitrogens with zero attached hydrogens (tertiary/aromatic N) is 1. The topological polar surface area (TPSA) is 43.1 Å². The van der Waals surface area contributed by atoms with Crippen LogP contribution in [-0.4, -0.2) is 10.3 Å². The summed E-state index contributed by atoms with van der Waals surface area (Å²) in [5.41, 5.74) is 0.900. The van der Waals surface area contributed by atoms with E-state index in [0.717, 1.165) is 24.8 Å². The van der Waals surface area contributed by atoms with E-state index in [-0.39, 0.29) is 16.0 Å². The highest BCUT2D eigenvalue weighted by atomic mass is 35.5. The van der Waals surface area contributed by atoms with Gasteiger partial charge in [-0.2, -0.15) is 0 Å². The Bertz CT molecular complexity index is 395. The molecule has 1 aromatic rings. The Morgan fingerprint density at radius 3 is 2.67 bits per heavy atom. The van der Waals surface area contributed by atoms with Gasteiger partial charge in [0.2, 0.25) is 0 Å². The summed E-state index contributed by atoms with van der Waals surface area (Å²) in [6.07, 6.45) is 3.94. The molecule has 1 aromatic carbocycles. The molecule has 0 amide bonds. The quantitative estimate of drug-likeness (QED) is 0.413. The van der Waals surface area contributed by atoms with Gasteiger partial charge in [-0.3, -0.25) is 10.1 Å². The maximum absolute atomic E-state index is 10.9. The lowest BCUT2D eigenvalue weighted by atomic mass is 9.95. The highest BCUT2D eigenvalue weighted by Gasteiger charge is 2.19. The van der Waals surface area contributed by atoms with Crippen LogP contribution >= 0.6 is 11.6 Å². The summed E-state index contributed by atoms with van der Waals surface area (Å²) in [6.45, 7) is 4.26. The molecule has 0 saturated carbocycles. The van der Waals surface area contributed by atoms with Crippen molar-refractivity contribution in [2.75, 3.05) is 0 Å². The number of nitro benzene ring substituents is 1. The van der Waals surface area contributed by atoms with E-state index in [0.29, 0.717) is 12.3 Å². The average Bonchev–Trinajstić information content (AvgIpc) is 2.36. The zero-order valence-corrected chi connectivity index (χ0v) is 11.7. The molecule has 0 aliphatic heterocycles. The van der Waals surface area contributed by atoms with Crippen molar-refractivity contribution in [2.24, 2.45) is 5.92 Å². The summed E-state index contributed by atoms with van der Waals surface area (Å²) in [5.74, 6) is 0.381. The Morgan fingerprint density at radius 1 is 1.39 bits per heavy atom. The molecule has 0 heterocycles. The van der Waals surface area contributed by atoms with Crippen molar-refractivity contribution in [2.45, 2.75) is 44.9 Å². The van der Waals surface area contributed by atoms with Crippen LogP contribution in [0, 0.1) is 16.0 Å². The summed E-state index contributed by atoms with van der Waals surface area (Å²) >= 11 is 6.36. The van der Waals surface area contributed by atoms with E-state index in [1.807, 2.05) is 6.07 Å². The van der Waals surface area contributed by atoms with Crippen molar-refractivity contribution < 1.29 is 4.92 Å². The van der Waals surface area contributed by atoms with Crippen molar-refractivity contribution in [1.29, 1.82) is 0 Å². The summed E-state index contributed by atoms with van der Waals surface area (Å²) in [6, 6.07) is 6.84. The van der Waals surface area contributed by atoms with Gasteiger partial charge in [-0.1, -0.05) is 44.9 Å². The Balaban J connectivity index is 2.69. The van der Waals surface area contributed by atoms with Crippen molar-refractivity contribution in [1.82, 2.24) is 0 Å². The molecule has 18 heavy (non-hydrogen) atoms. The van der Waals surface area contributed by atoms with Gasteiger partial charge in [-0.05, 0) is 18.8 Å². The SMILES string of the molecule is CCCCC(C)C(Cl)Cc1ccccc1[N+](=O)[O-]. The standard InChI is InChI=1S/C14H20ClNO2/c1-3-4-7-11(2)13(15)10-12-8-5-6-9-14(12)16(17)18/h5-6,8-9,11,13H,3-4,7,10H2,1-2H3. The van der Waals surface area contributed by atoms with Crippen molar-refractivity contribution >= 4 is 17.3 Å². The lowest BCUT2D eigenvalue weighted by molar-refractivity contribution is -0.385. The average molecular weight is 270 g/mol. The van der Waals surface area contributed by atoms with Crippen LogP contribution in [0.3, 0.4) is 0 Å². The van der Waals surface area contributed by atoms with Gasteiger partial charge in [0, 0.05) is 17.0 Å². The molecule has 1 rings (SSSR count). The van der Waals surface area contributed by atoms with Crippen LogP contribution in [0.25, 0.3) is 0 Å². The third-order valence-electron chi connectivity index (χ3n) is 3.23. The summed E-state index contributed by atoms with van der Waals surface area (Å²) in [7, 11) is 0. The molecule has 4 heteroatoms. The number of alkyl halides is 1. The van der Waals surface area contributed by atoms with Crippen LogP contribution in [-0.2, 0) is 6.42 Å². The van der Waals surface area contributed by atoms with Gasteiger partial charge in [0.1, 0.15) is 0 Å². The number of nitro groups is 1. The fourth-order valence-corrected chi connectivity index (χ4v) is 2.27. The molecule has 2 unspecified atom stereocenters.